The summed E-state index contributed by atoms with van der Waals surface area (Å²) < 4.78 is 60.0. The molecule has 120 heavy (non-hydrogen) atoms. The van der Waals surface area contributed by atoms with Crippen molar-refractivity contribution in [2.24, 2.45) is 40.2 Å². The lowest BCUT2D eigenvalue weighted by atomic mass is 9.99. The molecule has 41 heteroatoms. The van der Waals surface area contributed by atoms with E-state index in [1.54, 1.807) is 75.7 Å². The molecule has 0 unspecified atom stereocenters. The lowest BCUT2D eigenvalue weighted by Crippen LogP contribution is -2.33. The second kappa shape index (κ2) is 45.9. The molecule has 9 aromatic rings. The van der Waals surface area contributed by atoms with E-state index >= 15 is 0 Å². The van der Waals surface area contributed by atoms with Crippen LogP contribution in [0.15, 0.2) is 103 Å². The molecule has 9 N–H and O–H groups in total. The predicted molar refractivity (Wildman–Crippen MR) is 442 cm³/mol. The summed E-state index contributed by atoms with van der Waals surface area (Å²) >= 11 is 7.92. The highest BCUT2D eigenvalue weighted by Crippen LogP contribution is 2.40. The maximum absolute atomic E-state index is 13.7. The molecule has 0 spiro atoms. The molecule has 8 heterocycles. The van der Waals surface area contributed by atoms with E-state index in [2.05, 4.69) is 86.8 Å². The number of nitrogens with one attached hydrogen (secondary N) is 9. The van der Waals surface area contributed by atoms with Crippen LogP contribution in [0.25, 0.3) is 5.00 Å². The number of hydrogen-bond donors (Lipinski definition) is 9. The van der Waals surface area contributed by atoms with Crippen molar-refractivity contribution in [1.82, 2.24) is 73.8 Å². The van der Waals surface area contributed by atoms with Crippen molar-refractivity contribution in [3.05, 3.63) is 165 Å². The van der Waals surface area contributed by atoms with E-state index in [1.165, 1.54) is 55.2 Å². The minimum Gasteiger partial charge on any atom is -0.491 e. The Kier molecular flexibility index (Phi) is 34.6. The zero-order valence-corrected chi connectivity index (χ0v) is 69.6. The Morgan fingerprint density at radius 3 is 1.46 bits per heavy atom. The maximum atomic E-state index is 13.7. The van der Waals surface area contributed by atoms with Crippen LogP contribution in [0.4, 0.5) is 28.7 Å². The van der Waals surface area contributed by atoms with Gasteiger partial charge < -0.3 is 113 Å². The third kappa shape index (κ3) is 27.1. The lowest BCUT2D eigenvalue weighted by molar-refractivity contribution is -0.121. The number of benzene rings is 2. The molecule has 10 rings (SSSR count). The van der Waals surface area contributed by atoms with Gasteiger partial charge in [-0.25, -0.2) is 15.0 Å². The number of carbonyl (C=O) groups excluding carboxylic acids is 9. The number of nitrogens with zero attached hydrogens (tertiary/aromatic N) is 12. The fraction of sp³-hybridized carbons (Fsp3) is 0.430. The van der Waals surface area contributed by atoms with E-state index in [0.29, 0.717) is 140 Å². The summed E-state index contributed by atoms with van der Waals surface area (Å²) in [7, 11) is 8.04. The third-order valence-corrected chi connectivity index (χ3v) is 19.6. The van der Waals surface area contributed by atoms with E-state index < -0.39 is 47.4 Å². The monoisotopic (exact) mass is 1700 g/mol. The Morgan fingerprint density at radius 1 is 0.458 bits per heavy atom. The number of amides is 9. The summed E-state index contributed by atoms with van der Waals surface area (Å²) in [4.78, 5) is 135. The van der Waals surface area contributed by atoms with Crippen LogP contribution >= 0.6 is 22.9 Å². The van der Waals surface area contributed by atoms with Crippen molar-refractivity contribution in [3.63, 3.8) is 0 Å². The molecule has 642 valence electrons. The average molecular weight is 1700 g/mol. The van der Waals surface area contributed by atoms with E-state index in [-0.39, 0.29) is 116 Å². The molecule has 0 saturated carbocycles. The topological polar surface area (TPSA) is 451 Å². The number of imidazole rings is 3. The van der Waals surface area contributed by atoms with Crippen LogP contribution < -0.4 is 52.6 Å². The number of hydrogen-bond acceptors (Lipinski definition) is 25. The second-order valence-electron chi connectivity index (χ2n) is 27.2. The van der Waals surface area contributed by atoms with Gasteiger partial charge in [0.15, 0.2) is 23.3 Å². The number of halogens is 1. The Balaban J connectivity index is 0.469. The SMILES string of the molecule is Cc1sc2c(c1C)C(c1ccc(Cl)cc1)=N[C@@H](CC(=O)Nc1cccc(OCCOCCOCCOCCOCCOCCOCCOCCOCCNC(=O)CCNC(=O)c3nc(NC(=O)CCNC(=O)c4cc(NC(=O)c5nc(NC(=O)CCNC(=O)c6cc(NC(=O)c7nccn7C)cn6C)cn5C)cn4C)cn3C)c1)c1nnc(C)n1-2. The van der Waals surface area contributed by atoms with Crippen molar-refractivity contribution >= 4 is 111 Å². The van der Waals surface area contributed by atoms with Crippen LogP contribution in [0.1, 0.15) is 118 Å². The van der Waals surface area contributed by atoms with Gasteiger partial charge in [0, 0.05) is 151 Å². The highest BCUT2D eigenvalue weighted by Gasteiger charge is 2.33. The van der Waals surface area contributed by atoms with Crippen LogP contribution in [0.5, 0.6) is 5.75 Å². The first-order valence-corrected chi connectivity index (χ1v) is 39.9. The fourth-order valence-corrected chi connectivity index (χ4v) is 13.4. The fourth-order valence-electron chi connectivity index (χ4n) is 12.1. The molecule has 1 aliphatic heterocycles. The standard InChI is InChI=1S/C79H100ClN21O18S/c1-50-51(2)120-79-68(50)69(53-12-14-54(80)15-13-53)89-59(70-95-94-52(3)101(70)79)45-67(105)86-55-10-9-11-58(42-55)119-41-40-118-39-38-117-37-36-116-35-34-115-33-32-114-31-30-113-29-28-112-27-26-111-25-23-81-64(102)16-19-85-76(108)72-92-62(48-99(72)7)90-65(103)17-20-84-75(107)61-44-57(47-98(61)6)88-78(110)73-93-63(49-100(73)8)91-66(104)18-21-83-74(106)60-43-56(46-97(60)5)87-77(109)71-82-22-24-96(71)4/h9-15,22,24,42-44,46-49,59H,16-21,23,25-41,45H2,1-8H3,(H,81,102)(H,83,106)(H,84,107)(H,85,108)(H,86,105)(H,87,109)(H,88,110)(H,90,103)(H,91,104)/t59-/m0/s1. The molecule has 0 bridgehead atoms. The quantitative estimate of drug-likeness (QED) is 0.0222. The molecular formula is C79H100ClN21O18S. The molecule has 0 aliphatic carbocycles. The number of aryl methyl sites for hydroxylation is 7. The zero-order chi connectivity index (χ0) is 85.5. The highest BCUT2D eigenvalue weighted by atomic mass is 35.5. The Bertz CT molecular complexity index is 5020. The van der Waals surface area contributed by atoms with Gasteiger partial charge in [-0.2, -0.15) is 0 Å². The summed E-state index contributed by atoms with van der Waals surface area (Å²) in [6, 6.07) is 17.1. The molecule has 0 fully saturated rings. The zero-order valence-electron chi connectivity index (χ0n) is 68.0. The van der Waals surface area contributed by atoms with Gasteiger partial charge in [0.2, 0.25) is 35.3 Å². The van der Waals surface area contributed by atoms with Gasteiger partial charge in [0.05, 0.1) is 129 Å². The lowest BCUT2D eigenvalue weighted by Gasteiger charge is -2.14. The summed E-state index contributed by atoms with van der Waals surface area (Å²) in [6.07, 6.45) is 8.84. The van der Waals surface area contributed by atoms with Crippen LogP contribution in [-0.2, 0) is 92.3 Å². The minimum atomic E-state index is -0.641. The molecular weight excluding hydrogens is 1600 g/mol. The van der Waals surface area contributed by atoms with Gasteiger partial charge in [0.25, 0.3) is 29.5 Å². The predicted octanol–water partition coefficient (Wildman–Crippen LogP) is 5.18. The summed E-state index contributed by atoms with van der Waals surface area (Å²) in [5.41, 5.74) is 5.41. The van der Waals surface area contributed by atoms with Gasteiger partial charge >= 0.3 is 0 Å². The molecule has 1 aliphatic rings. The van der Waals surface area contributed by atoms with Gasteiger partial charge in [-0.15, -0.1) is 21.5 Å². The van der Waals surface area contributed by atoms with Crippen LogP contribution in [0.2, 0.25) is 5.02 Å². The summed E-state index contributed by atoms with van der Waals surface area (Å²) in [6.45, 7) is 12.6. The number of fused-ring (bicyclic) bond motifs is 3. The normalized spacial score (nSPS) is 12.2. The number of carbonyl (C=O) groups is 9. The molecule has 1 atom stereocenters. The van der Waals surface area contributed by atoms with Crippen molar-refractivity contribution in [3.8, 4) is 10.8 Å². The van der Waals surface area contributed by atoms with Crippen molar-refractivity contribution in [2.45, 2.75) is 52.5 Å². The van der Waals surface area contributed by atoms with Gasteiger partial charge in [0.1, 0.15) is 40.6 Å². The average Bonchev–Trinajstić information content (AvgIpc) is 1.59. The highest BCUT2D eigenvalue weighted by molar-refractivity contribution is 7.15. The smallest absolute Gasteiger partial charge is 0.291 e. The van der Waals surface area contributed by atoms with E-state index in [1.807, 2.05) is 47.9 Å². The number of rotatable bonds is 50. The van der Waals surface area contributed by atoms with Crippen molar-refractivity contribution < 1.29 is 85.8 Å². The first-order chi connectivity index (χ1) is 58.0. The molecule has 7 aromatic heterocycles. The molecule has 0 saturated heterocycles. The Labute approximate surface area is 700 Å². The molecule has 39 nitrogen and oxygen atoms in total. The Morgan fingerprint density at radius 2 is 0.942 bits per heavy atom. The number of aromatic nitrogens is 11. The third-order valence-electron chi connectivity index (χ3n) is 18.1. The Hall–Kier alpha value is -11.9. The van der Waals surface area contributed by atoms with Crippen molar-refractivity contribution in [2.75, 3.05) is 165 Å². The molecule has 0 radical (unpaired) electrons. The van der Waals surface area contributed by atoms with E-state index in [9.17, 15) is 43.2 Å². The number of thiophene rings is 1. The van der Waals surface area contributed by atoms with Crippen LogP contribution in [0, 0.1) is 20.8 Å². The number of ether oxygens (including phenoxy) is 9. The maximum Gasteiger partial charge on any atom is 0.291 e. The minimum absolute atomic E-state index is 0.00727. The van der Waals surface area contributed by atoms with Gasteiger partial charge in [-0.3, -0.25) is 52.7 Å². The summed E-state index contributed by atoms with van der Waals surface area (Å²) in [5.74, 6) is -2.00. The van der Waals surface area contributed by atoms with Gasteiger partial charge in [-0.05, 0) is 62.7 Å². The molecule has 9 amide bonds. The van der Waals surface area contributed by atoms with Gasteiger partial charge in [-0.1, -0.05) is 29.8 Å². The summed E-state index contributed by atoms with van der Waals surface area (Å²) in [5, 5.41) is 34.8. The van der Waals surface area contributed by atoms with Crippen molar-refractivity contribution in [1.29, 1.82) is 0 Å². The first kappa shape index (κ1) is 90.5. The van der Waals surface area contributed by atoms with E-state index in [0.717, 1.165) is 32.3 Å². The molecule has 2 aromatic carbocycles. The van der Waals surface area contributed by atoms with Crippen LogP contribution in [0.3, 0.4) is 0 Å². The van der Waals surface area contributed by atoms with E-state index in [4.69, 9.17) is 59.2 Å². The number of anilines is 5. The largest absolute Gasteiger partial charge is 0.491 e. The van der Waals surface area contributed by atoms with Crippen LogP contribution in [-0.4, -0.2) is 250 Å². The first-order valence-electron chi connectivity index (χ1n) is 38.7. The number of aliphatic imine (C=N–C) groups is 1. The second-order valence-corrected chi connectivity index (χ2v) is 28.9.